The maximum atomic E-state index is 12.4. The summed E-state index contributed by atoms with van der Waals surface area (Å²) >= 11 is 0. The Morgan fingerprint density at radius 1 is 1.29 bits per heavy atom. The predicted molar refractivity (Wildman–Crippen MR) is 109 cm³/mol. The van der Waals surface area contributed by atoms with Crippen LogP contribution in [0, 0.1) is 23.7 Å². The van der Waals surface area contributed by atoms with Gasteiger partial charge in [0.15, 0.2) is 0 Å². The summed E-state index contributed by atoms with van der Waals surface area (Å²) < 4.78 is 5.83. The molecule has 170 valence electrons. The summed E-state index contributed by atoms with van der Waals surface area (Å²) in [6, 6.07) is 0. The van der Waals surface area contributed by atoms with Crippen molar-refractivity contribution in [3.63, 3.8) is 0 Å². The second-order valence-electron chi connectivity index (χ2n) is 8.86. The van der Waals surface area contributed by atoms with Gasteiger partial charge in [-0.05, 0) is 43.1 Å². The molecule has 0 radical (unpaired) electrons. The first-order valence-corrected chi connectivity index (χ1v) is 11.0. The average molecular weight is 447 g/mol. The summed E-state index contributed by atoms with van der Waals surface area (Å²) in [5, 5.41) is 40.8. The zero-order valence-electron chi connectivity index (χ0n) is 19.1. The Morgan fingerprint density at radius 2 is 1.97 bits per heavy atom. The molecule has 0 amide bonds. The molecular weight excluding hydrogens is 411 g/mol. The van der Waals surface area contributed by atoms with Crippen LogP contribution in [-0.2, 0) is 14.3 Å². The molecule has 0 spiro atoms. The van der Waals surface area contributed by atoms with Crippen molar-refractivity contribution in [1.29, 1.82) is 0 Å². The molecule has 31 heavy (non-hydrogen) atoms. The third-order valence-corrected chi connectivity index (χ3v) is 6.43. The van der Waals surface area contributed by atoms with Gasteiger partial charge < -0.3 is 30.0 Å². The van der Waals surface area contributed by atoms with Crippen LogP contribution < -0.4 is 34.7 Å². The maximum absolute atomic E-state index is 12.4. The first-order chi connectivity index (χ1) is 14.1. The van der Waals surface area contributed by atoms with Crippen molar-refractivity contribution in [1.82, 2.24) is 0 Å². The number of aliphatic hydroxyl groups excluding tert-OH is 3. The second-order valence-corrected chi connectivity index (χ2v) is 8.86. The molecule has 3 N–H and O–H groups in total. The van der Waals surface area contributed by atoms with E-state index in [-0.39, 0.29) is 65.6 Å². The van der Waals surface area contributed by atoms with Crippen LogP contribution in [0.1, 0.15) is 59.3 Å². The standard InChI is InChI=1S/C23H36O7.Na/c1-4-13(2)23(29)30-20-11-17(25)9-15-6-5-14(3)19(22(15)20)8-7-16(24)10-18(26)12-21(27)28;/h5-6,9,13-14,16-20,22,24-26H,4,7-8,10-12H2,1-3H3,(H,27,28);/q;+1/p-1/t13?,14?,16-,17?,18?,19?,20?,22-;/m0./s1. The molecule has 0 aromatic rings. The number of aliphatic hydroxyl groups is 3. The Labute approximate surface area is 206 Å². The van der Waals surface area contributed by atoms with E-state index in [1.807, 2.05) is 26.0 Å². The number of fused-ring (bicyclic) bond motifs is 1. The van der Waals surface area contributed by atoms with E-state index < -0.39 is 36.8 Å². The van der Waals surface area contributed by atoms with E-state index in [0.717, 1.165) is 5.57 Å². The summed E-state index contributed by atoms with van der Waals surface area (Å²) in [6.07, 6.45) is 4.31. The Bertz CT molecular complexity index is 662. The van der Waals surface area contributed by atoms with Gasteiger partial charge in [-0.1, -0.05) is 39.0 Å². The monoisotopic (exact) mass is 446 g/mol. The minimum absolute atomic E-state index is 0. The van der Waals surface area contributed by atoms with Gasteiger partial charge in [-0.25, -0.2) is 0 Å². The van der Waals surface area contributed by atoms with Crippen molar-refractivity contribution in [2.24, 2.45) is 23.7 Å². The summed E-state index contributed by atoms with van der Waals surface area (Å²) in [6.45, 7) is 5.83. The van der Waals surface area contributed by atoms with Crippen LogP contribution in [0.4, 0.5) is 0 Å². The fourth-order valence-corrected chi connectivity index (χ4v) is 4.51. The minimum atomic E-state index is -1.35. The van der Waals surface area contributed by atoms with Crippen LogP contribution in [0.15, 0.2) is 23.8 Å². The van der Waals surface area contributed by atoms with Crippen LogP contribution in [0.25, 0.3) is 0 Å². The number of carboxylic acids is 1. The zero-order valence-corrected chi connectivity index (χ0v) is 21.1. The number of aliphatic carboxylic acids is 1. The fourth-order valence-electron chi connectivity index (χ4n) is 4.51. The minimum Gasteiger partial charge on any atom is -0.550 e. The number of rotatable bonds is 10. The molecule has 8 heteroatoms. The van der Waals surface area contributed by atoms with Crippen LogP contribution in [0.5, 0.6) is 0 Å². The van der Waals surface area contributed by atoms with E-state index in [4.69, 9.17) is 4.74 Å². The van der Waals surface area contributed by atoms with E-state index in [1.165, 1.54) is 0 Å². The molecule has 0 fully saturated rings. The van der Waals surface area contributed by atoms with Crippen LogP contribution in [0.3, 0.4) is 0 Å². The number of allylic oxidation sites excluding steroid dienone is 2. The van der Waals surface area contributed by atoms with E-state index >= 15 is 0 Å². The van der Waals surface area contributed by atoms with Crippen molar-refractivity contribution in [2.45, 2.75) is 83.7 Å². The topological polar surface area (TPSA) is 127 Å². The van der Waals surface area contributed by atoms with Crippen molar-refractivity contribution in [3.8, 4) is 0 Å². The molecule has 2 aliphatic rings. The number of hydrogen-bond acceptors (Lipinski definition) is 7. The molecule has 0 aliphatic heterocycles. The summed E-state index contributed by atoms with van der Waals surface area (Å²) in [7, 11) is 0. The molecule has 0 bridgehead atoms. The Hall–Kier alpha value is -0.700. The molecular formula is C23H35NaO7. The Kier molecular flexibility index (Phi) is 12.0. The van der Waals surface area contributed by atoms with Crippen molar-refractivity contribution >= 4 is 11.9 Å². The number of carbonyl (C=O) groups is 2. The fraction of sp³-hybridized carbons (Fsp3) is 0.739. The SMILES string of the molecule is CCC(C)C(=O)OC1CC(O)C=C2C=CC(C)C(CC[C@H](O)CC(O)CC(=O)[O-])[C@H]21.[Na+]. The van der Waals surface area contributed by atoms with Crippen molar-refractivity contribution < 1.29 is 64.3 Å². The number of hydrogen-bond donors (Lipinski definition) is 3. The quantitative estimate of drug-likeness (QED) is 0.265. The maximum Gasteiger partial charge on any atom is 1.00 e. The van der Waals surface area contributed by atoms with E-state index in [1.54, 1.807) is 0 Å². The second kappa shape index (κ2) is 13.1. The van der Waals surface area contributed by atoms with Crippen molar-refractivity contribution in [3.05, 3.63) is 23.8 Å². The van der Waals surface area contributed by atoms with Crippen LogP contribution in [-0.4, -0.2) is 51.7 Å². The first kappa shape index (κ1) is 28.3. The van der Waals surface area contributed by atoms with Gasteiger partial charge in [0.2, 0.25) is 0 Å². The molecule has 2 rings (SSSR count). The van der Waals surface area contributed by atoms with E-state index in [9.17, 15) is 30.0 Å². The van der Waals surface area contributed by atoms with Crippen LogP contribution in [0.2, 0.25) is 0 Å². The van der Waals surface area contributed by atoms with Gasteiger partial charge in [0, 0.05) is 24.7 Å². The number of esters is 1. The Balaban J connectivity index is 0.00000480. The third-order valence-electron chi connectivity index (χ3n) is 6.43. The molecule has 7 nitrogen and oxygen atoms in total. The van der Waals surface area contributed by atoms with Gasteiger partial charge in [0.05, 0.1) is 24.2 Å². The summed E-state index contributed by atoms with van der Waals surface area (Å²) in [4.78, 5) is 23.0. The van der Waals surface area contributed by atoms with Crippen LogP contribution >= 0.6 is 0 Å². The normalized spacial score (nSPS) is 30.3. The number of ether oxygens (including phenoxy) is 1. The molecule has 0 aromatic carbocycles. The molecule has 0 saturated carbocycles. The number of carbonyl (C=O) groups excluding carboxylic acids is 2. The van der Waals surface area contributed by atoms with Gasteiger partial charge in [0.1, 0.15) is 6.10 Å². The molecule has 2 aliphatic carbocycles. The molecule has 8 atom stereocenters. The average Bonchev–Trinajstić information content (AvgIpc) is 2.65. The number of carboxylic acid groups (broad SMARTS) is 1. The van der Waals surface area contributed by atoms with Gasteiger partial charge in [0.25, 0.3) is 0 Å². The molecule has 6 unspecified atom stereocenters. The van der Waals surface area contributed by atoms with E-state index in [0.29, 0.717) is 25.7 Å². The largest absolute Gasteiger partial charge is 1.00 e. The van der Waals surface area contributed by atoms with Gasteiger partial charge in [-0.15, -0.1) is 0 Å². The van der Waals surface area contributed by atoms with Crippen molar-refractivity contribution in [2.75, 3.05) is 0 Å². The summed E-state index contributed by atoms with van der Waals surface area (Å²) in [5.41, 5.74) is 0.949. The Morgan fingerprint density at radius 3 is 2.58 bits per heavy atom. The van der Waals surface area contributed by atoms with E-state index in [2.05, 4.69) is 13.0 Å². The first-order valence-electron chi connectivity index (χ1n) is 11.0. The molecule has 0 saturated heterocycles. The predicted octanol–water partition coefficient (Wildman–Crippen LogP) is -1.89. The smallest absolute Gasteiger partial charge is 0.550 e. The summed E-state index contributed by atoms with van der Waals surface area (Å²) in [5.74, 6) is -1.60. The molecule has 0 heterocycles. The molecule has 0 aromatic heterocycles. The van der Waals surface area contributed by atoms with Gasteiger partial charge >= 0.3 is 35.5 Å². The third kappa shape index (κ3) is 8.30. The van der Waals surface area contributed by atoms with Gasteiger partial charge in [-0.3, -0.25) is 4.79 Å². The van der Waals surface area contributed by atoms with Gasteiger partial charge in [-0.2, -0.15) is 0 Å². The zero-order chi connectivity index (χ0) is 22.4.